The summed E-state index contributed by atoms with van der Waals surface area (Å²) >= 11 is 0. The molecule has 4 nitrogen and oxygen atoms in total. The van der Waals surface area contributed by atoms with E-state index in [1.165, 1.54) is 0 Å². The summed E-state index contributed by atoms with van der Waals surface area (Å²) in [7, 11) is -0.0596. The molecule has 2 N–H and O–H groups in total. The Hall–Kier alpha value is 0.122. The van der Waals surface area contributed by atoms with Gasteiger partial charge in [0.1, 0.15) is 19.6 Å². The van der Waals surface area contributed by atoms with Gasteiger partial charge in [0.25, 0.3) is 0 Å². The molecule has 1 heterocycles. The zero-order valence-corrected chi connectivity index (χ0v) is 13.7. The molecule has 106 valence electrons. The van der Waals surface area contributed by atoms with Crippen LogP contribution in [-0.4, -0.2) is 56.8 Å². The lowest BCUT2D eigenvalue weighted by Gasteiger charge is -2.40. The summed E-state index contributed by atoms with van der Waals surface area (Å²) in [5.41, 5.74) is -0.910. The summed E-state index contributed by atoms with van der Waals surface area (Å²) in [6.45, 7) is 12.3. The zero-order chi connectivity index (χ0) is 14.4. The average Bonchev–Trinajstić information content (AvgIpc) is 2.41. The van der Waals surface area contributed by atoms with Gasteiger partial charge in [0, 0.05) is 0 Å². The van der Waals surface area contributed by atoms with E-state index in [1.807, 2.05) is 7.85 Å². The molecule has 18 heavy (non-hydrogen) atoms. The highest BCUT2D eigenvalue weighted by atomic mass is 28.4. The normalized spacial score (nSPS) is 38.1. The van der Waals surface area contributed by atoms with Crippen LogP contribution in [0.4, 0.5) is 0 Å². The molecule has 0 aromatic carbocycles. The van der Waals surface area contributed by atoms with E-state index >= 15 is 0 Å². The Balaban J connectivity index is 2.86. The van der Waals surface area contributed by atoms with Gasteiger partial charge in [-0.25, -0.2) is 0 Å². The summed E-state index contributed by atoms with van der Waals surface area (Å²) in [6.07, 6.45) is -1.14. The van der Waals surface area contributed by atoms with Crippen LogP contribution in [0.2, 0.25) is 18.1 Å². The zero-order valence-electron chi connectivity index (χ0n) is 12.7. The maximum Gasteiger partial charge on any atom is 0.192 e. The minimum atomic E-state index is -1.95. The molecule has 0 bridgehead atoms. The van der Waals surface area contributed by atoms with Crippen molar-refractivity contribution in [3.63, 3.8) is 0 Å². The van der Waals surface area contributed by atoms with Crippen molar-refractivity contribution < 1.29 is 19.4 Å². The Morgan fingerprint density at radius 1 is 1.39 bits per heavy atom. The van der Waals surface area contributed by atoms with Crippen molar-refractivity contribution in [1.82, 2.24) is 0 Å². The first-order valence-electron chi connectivity index (χ1n) is 6.59. The molecule has 1 fully saturated rings. The van der Waals surface area contributed by atoms with E-state index in [-0.39, 0.29) is 23.8 Å². The van der Waals surface area contributed by atoms with Crippen LogP contribution in [0.5, 0.6) is 0 Å². The van der Waals surface area contributed by atoms with Gasteiger partial charge >= 0.3 is 0 Å². The Kier molecular flexibility index (Phi) is 4.41. The van der Waals surface area contributed by atoms with Gasteiger partial charge in [-0.15, -0.1) is 0 Å². The van der Waals surface area contributed by atoms with Crippen LogP contribution in [0.25, 0.3) is 0 Å². The van der Waals surface area contributed by atoms with Crippen molar-refractivity contribution in [2.24, 2.45) is 0 Å². The molecule has 6 heteroatoms. The van der Waals surface area contributed by atoms with E-state index in [4.69, 9.17) is 9.16 Å². The van der Waals surface area contributed by atoms with E-state index in [2.05, 4.69) is 33.9 Å². The van der Waals surface area contributed by atoms with E-state index in [9.17, 15) is 10.2 Å². The number of hydrogen-bond donors (Lipinski definition) is 2. The minimum absolute atomic E-state index is 0.0879. The van der Waals surface area contributed by atoms with Crippen LogP contribution in [0.3, 0.4) is 0 Å². The average molecular weight is 274 g/mol. The van der Waals surface area contributed by atoms with E-state index < -0.39 is 20.0 Å². The maximum atomic E-state index is 10.3. The lowest BCUT2D eigenvalue weighted by atomic mass is 9.90. The van der Waals surface area contributed by atoms with Crippen molar-refractivity contribution in [1.29, 1.82) is 0 Å². The fourth-order valence-corrected chi connectivity index (χ4v) is 3.33. The van der Waals surface area contributed by atoms with E-state index in [0.717, 1.165) is 0 Å². The summed E-state index contributed by atoms with van der Waals surface area (Å²) in [5, 5.41) is 19.8. The SMILES string of the molecule is B[C@@H]1O[C@](C)(CO)[C@H](O)C1O[Si](C)(C)C(C)(C)C. The van der Waals surface area contributed by atoms with Gasteiger partial charge in [-0.2, -0.15) is 0 Å². The predicted octanol–water partition coefficient (Wildman–Crippen LogP) is 0.478. The molecule has 0 amide bonds. The van der Waals surface area contributed by atoms with E-state index in [1.54, 1.807) is 6.92 Å². The Morgan fingerprint density at radius 3 is 2.22 bits per heavy atom. The third-order valence-corrected chi connectivity index (χ3v) is 8.88. The van der Waals surface area contributed by atoms with Crippen LogP contribution >= 0.6 is 0 Å². The van der Waals surface area contributed by atoms with Gasteiger partial charge in [-0.05, 0) is 25.1 Å². The molecular weight excluding hydrogens is 247 g/mol. The Morgan fingerprint density at radius 2 is 1.89 bits per heavy atom. The second-order valence-corrected chi connectivity index (χ2v) is 11.8. The predicted molar refractivity (Wildman–Crippen MR) is 77.0 cm³/mol. The molecule has 1 aliphatic heterocycles. The van der Waals surface area contributed by atoms with Gasteiger partial charge in [-0.3, -0.25) is 0 Å². The number of hydrogen-bond acceptors (Lipinski definition) is 4. The van der Waals surface area contributed by atoms with Crippen LogP contribution in [-0.2, 0) is 9.16 Å². The third kappa shape index (κ3) is 2.83. The molecule has 1 rings (SSSR count). The van der Waals surface area contributed by atoms with Gasteiger partial charge < -0.3 is 19.4 Å². The molecule has 0 saturated carbocycles. The summed E-state index contributed by atoms with van der Waals surface area (Å²) in [6, 6.07) is -0.203. The van der Waals surface area contributed by atoms with Gasteiger partial charge in [0.05, 0.1) is 18.7 Å². The first-order valence-corrected chi connectivity index (χ1v) is 9.50. The van der Waals surface area contributed by atoms with Crippen molar-refractivity contribution in [3.05, 3.63) is 0 Å². The number of aliphatic hydroxyl groups is 2. The topological polar surface area (TPSA) is 58.9 Å². The quantitative estimate of drug-likeness (QED) is 0.735. The van der Waals surface area contributed by atoms with Gasteiger partial charge in [0.15, 0.2) is 8.32 Å². The fraction of sp³-hybridized carbons (Fsp3) is 1.00. The number of ether oxygens (including phenoxy) is 1. The number of rotatable bonds is 3. The molecule has 0 aromatic rings. The highest BCUT2D eigenvalue weighted by Crippen LogP contribution is 2.41. The van der Waals surface area contributed by atoms with E-state index in [0.29, 0.717) is 0 Å². The van der Waals surface area contributed by atoms with Crippen LogP contribution in [0.1, 0.15) is 27.7 Å². The van der Waals surface area contributed by atoms with Crippen molar-refractivity contribution >= 4 is 16.2 Å². The summed E-state index contributed by atoms with van der Waals surface area (Å²) < 4.78 is 11.9. The molecule has 1 saturated heterocycles. The standard InChI is InChI=1S/C12H27BO4Si/c1-11(2,3)18(5,6)17-8-9(15)12(4,7-14)16-10(8)13/h8-10,14-15H,7,13H2,1-6H3/t8?,9-,10-,12-/m1/s1. The molecule has 1 unspecified atom stereocenters. The van der Waals surface area contributed by atoms with Crippen LogP contribution in [0, 0.1) is 0 Å². The monoisotopic (exact) mass is 274 g/mol. The molecule has 0 spiro atoms. The second-order valence-electron chi connectivity index (χ2n) is 7.08. The minimum Gasteiger partial charge on any atom is -0.409 e. The summed E-state index contributed by atoms with van der Waals surface area (Å²) in [5.74, 6) is 0. The molecule has 4 atom stereocenters. The lowest BCUT2D eigenvalue weighted by Crippen LogP contribution is -2.51. The Bertz CT molecular complexity index is 305. The molecule has 1 aliphatic rings. The number of aliphatic hydroxyl groups excluding tert-OH is 2. The van der Waals surface area contributed by atoms with Gasteiger partial charge in [0.2, 0.25) is 0 Å². The molecule has 0 radical (unpaired) electrons. The van der Waals surface area contributed by atoms with Crippen LogP contribution in [0.15, 0.2) is 0 Å². The lowest BCUT2D eigenvalue weighted by molar-refractivity contribution is -0.0862. The largest absolute Gasteiger partial charge is 0.409 e. The highest BCUT2D eigenvalue weighted by molar-refractivity contribution is 6.74. The first-order chi connectivity index (χ1) is 7.94. The van der Waals surface area contributed by atoms with Crippen molar-refractivity contribution in [2.45, 2.75) is 69.6 Å². The second kappa shape index (κ2) is 4.90. The van der Waals surface area contributed by atoms with Crippen molar-refractivity contribution in [2.75, 3.05) is 6.61 Å². The van der Waals surface area contributed by atoms with Crippen LogP contribution < -0.4 is 0 Å². The molecule has 0 aromatic heterocycles. The fourth-order valence-electron chi connectivity index (χ4n) is 1.97. The maximum absolute atomic E-state index is 10.3. The molecular formula is C12H27BO4Si. The summed E-state index contributed by atoms with van der Waals surface area (Å²) in [4.78, 5) is 0. The molecule has 0 aliphatic carbocycles. The first kappa shape index (κ1) is 16.2. The van der Waals surface area contributed by atoms with Crippen molar-refractivity contribution in [3.8, 4) is 0 Å². The Labute approximate surface area is 112 Å². The third-order valence-electron chi connectivity index (χ3n) is 4.41. The smallest absolute Gasteiger partial charge is 0.192 e. The van der Waals surface area contributed by atoms with Gasteiger partial charge in [-0.1, -0.05) is 20.8 Å². The highest BCUT2D eigenvalue weighted by Gasteiger charge is 2.53.